The molecular weight excluding hydrogens is 244 g/mol. The van der Waals surface area contributed by atoms with Gasteiger partial charge in [0.1, 0.15) is 0 Å². The number of rotatable bonds is 5. The standard InChI is InChI=1S/C14H20N2OS/c15-10-9-14(17)16-11-5-7-13(8-6-11)18-12-3-1-2-4-12/h5-8,12H,1-4,9-10,15H2,(H,16,17). The van der Waals surface area contributed by atoms with Gasteiger partial charge in [-0.05, 0) is 37.1 Å². The van der Waals surface area contributed by atoms with Crippen LogP contribution in [-0.4, -0.2) is 17.7 Å². The minimum atomic E-state index is -0.0197. The van der Waals surface area contributed by atoms with Crippen LogP contribution in [0.5, 0.6) is 0 Å². The average molecular weight is 264 g/mol. The topological polar surface area (TPSA) is 55.1 Å². The second kappa shape index (κ2) is 6.81. The van der Waals surface area contributed by atoms with E-state index < -0.39 is 0 Å². The van der Waals surface area contributed by atoms with Gasteiger partial charge in [-0.2, -0.15) is 0 Å². The van der Waals surface area contributed by atoms with Crippen LogP contribution in [0.25, 0.3) is 0 Å². The first-order valence-corrected chi connectivity index (χ1v) is 7.42. The second-order valence-electron chi connectivity index (χ2n) is 4.64. The number of carbonyl (C=O) groups excluding carboxylic acids is 1. The molecule has 3 N–H and O–H groups in total. The minimum Gasteiger partial charge on any atom is -0.330 e. The molecule has 0 atom stereocenters. The zero-order valence-corrected chi connectivity index (χ0v) is 11.3. The third-order valence-corrected chi connectivity index (χ3v) is 4.46. The first-order chi connectivity index (χ1) is 8.78. The van der Waals surface area contributed by atoms with Crippen LogP contribution in [0.15, 0.2) is 29.2 Å². The van der Waals surface area contributed by atoms with Gasteiger partial charge in [-0.1, -0.05) is 12.8 Å². The molecule has 0 unspecified atom stereocenters. The fourth-order valence-electron chi connectivity index (χ4n) is 2.17. The Hall–Kier alpha value is -1.00. The summed E-state index contributed by atoms with van der Waals surface area (Å²) in [5.74, 6) is -0.0197. The Kier molecular flexibility index (Phi) is 5.08. The van der Waals surface area contributed by atoms with Crippen molar-refractivity contribution in [2.45, 2.75) is 42.2 Å². The van der Waals surface area contributed by atoms with Gasteiger partial charge in [0.2, 0.25) is 5.91 Å². The molecule has 0 heterocycles. The summed E-state index contributed by atoms with van der Waals surface area (Å²) in [5, 5.41) is 3.62. The van der Waals surface area contributed by atoms with E-state index in [1.807, 2.05) is 23.9 Å². The van der Waals surface area contributed by atoms with E-state index in [0.717, 1.165) is 10.9 Å². The molecule has 1 aliphatic carbocycles. The van der Waals surface area contributed by atoms with E-state index in [1.165, 1.54) is 30.6 Å². The molecule has 2 rings (SSSR count). The maximum atomic E-state index is 11.4. The highest BCUT2D eigenvalue weighted by atomic mass is 32.2. The van der Waals surface area contributed by atoms with Crippen molar-refractivity contribution in [3.63, 3.8) is 0 Å². The Morgan fingerprint density at radius 1 is 1.28 bits per heavy atom. The number of amides is 1. The van der Waals surface area contributed by atoms with Crippen molar-refractivity contribution in [1.29, 1.82) is 0 Å². The lowest BCUT2D eigenvalue weighted by Crippen LogP contribution is -2.16. The van der Waals surface area contributed by atoms with Gasteiger partial charge in [0.05, 0.1) is 0 Å². The molecule has 1 aromatic rings. The molecule has 3 nitrogen and oxygen atoms in total. The average Bonchev–Trinajstić information content (AvgIpc) is 2.85. The molecule has 0 radical (unpaired) electrons. The maximum Gasteiger partial charge on any atom is 0.225 e. The molecule has 18 heavy (non-hydrogen) atoms. The molecule has 0 saturated heterocycles. The van der Waals surface area contributed by atoms with E-state index in [1.54, 1.807) is 0 Å². The fourth-order valence-corrected chi connectivity index (χ4v) is 3.42. The summed E-state index contributed by atoms with van der Waals surface area (Å²) < 4.78 is 0. The molecule has 0 bridgehead atoms. The van der Waals surface area contributed by atoms with Gasteiger partial charge < -0.3 is 11.1 Å². The summed E-state index contributed by atoms with van der Waals surface area (Å²) in [5.41, 5.74) is 6.19. The summed E-state index contributed by atoms with van der Waals surface area (Å²) >= 11 is 1.96. The molecular formula is C14H20N2OS. The lowest BCUT2D eigenvalue weighted by molar-refractivity contribution is -0.116. The van der Waals surface area contributed by atoms with Crippen molar-refractivity contribution in [2.75, 3.05) is 11.9 Å². The number of thioether (sulfide) groups is 1. The third kappa shape index (κ3) is 4.03. The van der Waals surface area contributed by atoms with E-state index in [0.29, 0.717) is 13.0 Å². The molecule has 1 saturated carbocycles. The monoisotopic (exact) mass is 264 g/mol. The van der Waals surface area contributed by atoms with Gasteiger partial charge in [-0.15, -0.1) is 11.8 Å². The van der Waals surface area contributed by atoms with Gasteiger partial charge >= 0.3 is 0 Å². The summed E-state index contributed by atoms with van der Waals surface area (Å²) in [6.07, 6.45) is 5.77. The number of hydrogen-bond acceptors (Lipinski definition) is 3. The number of benzene rings is 1. The Bertz CT molecular complexity index is 385. The number of anilines is 1. The van der Waals surface area contributed by atoms with Crippen molar-refractivity contribution in [1.82, 2.24) is 0 Å². The first-order valence-electron chi connectivity index (χ1n) is 6.54. The Morgan fingerprint density at radius 2 is 1.94 bits per heavy atom. The second-order valence-corrected chi connectivity index (χ2v) is 6.01. The third-order valence-electron chi connectivity index (χ3n) is 3.11. The number of hydrogen-bond donors (Lipinski definition) is 2. The van der Waals surface area contributed by atoms with Crippen LogP contribution in [-0.2, 0) is 4.79 Å². The summed E-state index contributed by atoms with van der Waals surface area (Å²) in [7, 11) is 0. The van der Waals surface area contributed by atoms with Gasteiger partial charge in [-0.3, -0.25) is 4.79 Å². The summed E-state index contributed by atoms with van der Waals surface area (Å²) in [6, 6.07) is 8.10. The van der Waals surface area contributed by atoms with E-state index in [-0.39, 0.29) is 5.91 Å². The maximum absolute atomic E-state index is 11.4. The summed E-state index contributed by atoms with van der Waals surface area (Å²) in [4.78, 5) is 12.7. The number of nitrogens with one attached hydrogen (secondary N) is 1. The Morgan fingerprint density at radius 3 is 2.56 bits per heavy atom. The first kappa shape index (κ1) is 13.4. The highest BCUT2D eigenvalue weighted by molar-refractivity contribution is 8.00. The van der Waals surface area contributed by atoms with Gasteiger partial charge in [0, 0.05) is 28.8 Å². The molecule has 1 fully saturated rings. The predicted molar refractivity (Wildman–Crippen MR) is 76.9 cm³/mol. The predicted octanol–water partition coefficient (Wildman–Crippen LogP) is 3.01. The van der Waals surface area contributed by atoms with Crippen molar-refractivity contribution in [2.24, 2.45) is 5.73 Å². The number of nitrogens with two attached hydrogens (primary N) is 1. The molecule has 4 heteroatoms. The van der Waals surface area contributed by atoms with Crippen molar-refractivity contribution in [3.8, 4) is 0 Å². The van der Waals surface area contributed by atoms with Crippen molar-refractivity contribution < 1.29 is 4.79 Å². The quantitative estimate of drug-likeness (QED) is 0.859. The lowest BCUT2D eigenvalue weighted by atomic mass is 10.3. The van der Waals surface area contributed by atoms with Crippen LogP contribution in [0.1, 0.15) is 32.1 Å². The SMILES string of the molecule is NCCC(=O)Nc1ccc(SC2CCCC2)cc1. The normalized spacial score (nSPS) is 15.8. The van der Waals surface area contributed by atoms with Gasteiger partial charge in [0.25, 0.3) is 0 Å². The van der Waals surface area contributed by atoms with Gasteiger partial charge in [-0.25, -0.2) is 0 Å². The highest BCUT2D eigenvalue weighted by Gasteiger charge is 2.15. The van der Waals surface area contributed by atoms with Crippen LogP contribution in [0.2, 0.25) is 0 Å². The zero-order chi connectivity index (χ0) is 12.8. The lowest BCUT2D eigenvalue weighted by Gasteiger charge is -2.09. The molecule has 1 aliphatic rings. The summed E-state index contributed by atoms with van der Waals surface area (Å²) in [6.45, 7) is 0.390. The molecule has 0 aromatic heterocycles. The molecule has 0 aliphatic heterocycles. The largest absolute Gasteiger partial charge is 0.330 e. The van der Waals surface area contributed by atoms with Crippen LogP contribution in [0.4, 0.5) is 5.69 Å². The fraction of sp³-hybridized carbons (Fsp3) is 0.500. The van der Waals surface area contributed by atoms with E-state index in [2.05, 4.69) is 17.4 Å². The minimum absolute atomic E-state index is 0.0197. The zero-order valence-electron chi connectivity index (χ0n) is 10.5. The smallest absolute Gasteiger partial charge is 0.225 e. The van der Waals surface area contributed by atoms with Crippen LogP contribution < -0.4 is 11.1 Å². The van der Waals surface area contributed by atoms with Crippen LogP contribution in [0, 0.1) is 0 Å². The Balaban J connectivity index is 1.86. The van der Waals surface area contributed by atoms with Gasteiger partial charge in [0.15, 0.2) is 0 Å². The molecule has 1 amide bonds. The van der Waals surface area contributed by atoms with Crippen LogP contribution >= 0.6 is 11.8 Å². The van der Waals surface area contributed by atoms with Crippen LogP contribution in [0.3, 0.4) is 0 Å². The highest BCUT2D eigenvalue weighted by Crippen LogP contribution is 2.34. The van der Waals surface area contributed by atoms with E-state index in [4.69, 9.17) is 5.73 Å². The molecule has 1 aromatic carbocycles. The molecule has 98 valence electrons. The van der Waals surface area contributed by atoms with E-state index in [9.17, 15) is 4.79 Å². The van der Waals surface area contributed by atoms with E-state index >= 15 is 0 Å². The van der Waals surface area contributed by atoms with Crippen molar-refractivity contribution in [3.05, 3.63) is 24.3 Å². The molecule has 0 spiro atoms. The van der Waals surface area contributed by atoms with Crippen molar-refractivity contribution >= 4 is 23.4 Å². The Labute approximate surface area is 113 Å². The number of carbonyl (C=O) groups is 1.